The Hall–Kier alpha value is -2.62. The molecule has 1 aliphatic heterocycles. The molecule has 1 unspecified atom stereocenters. The first kappa shape index (κ1) is 17.2. The van der Waals surface area contributed by atoms with Crippen molar-refractivity contribution in [3.05, 3.63) is 58.7 Å². The van der Waals surface area contributed by atoms with Gasteiger partial charge in [-0.3, -0.25) is 0 Å². The molecule has 0 radical (unpaired) electrons. The van der Waals surface area contributed by atoms with Crippen LogP contribution in [0, 0.1) is 0 Å². The lowest BCUT2D eigenvalue weighted by atomic mass is 9.93. The summed E-state index contributed by atoms with van der Waals surface area (Å²) in [5.41, 5.74) is 3.83. The van der Waals surface area contributed by atoms with Crippen LogP contribution >= 0.6 is 0 Å². The van der Waals surface area contributed by atoms with E-state index in [9.17, 15) is 10.2 Å². The fourth-order valence-electron chi connectivity index (χ4n) is 3.14. The molecule has 4 nitrogen and oxygen atoms in total. The highest BCUT2D eigenvalue weighted by Gasteiger charge is 2.26. The monoisotopic (exact) mass is 340 g/mol. The molecule has 0 bridgehead atoms. The van der Waals surface area contributed by atoms with E-state index in [0.29, 0.717) is 12.2 Å². The molecule has 4 heteroatoms. The Bertz CT molecular complexity index is 804. The lowest BCUT2D eigenvalue weighted by Crippen LogP contribution is -2.16. The minimum absolute atomic E-state index is 0.166. The fourth-order valence-corrected chi connectivity index (χ4v) is 3.14. The number of phenolic OH excluding ortho intramolecular Hbond substituents is 2. The summed E-state index contributed by atoms with van der Waals surface area (Å²) in [4.78, 5) is 0. The van der Waals surface area contributed by atoms with Crippen molar-refractivity contribution in [2.24, 2.45) is 0 Å². The molecule has 0 aliphatic carbocycles. The van der Waals surface area contributed by atoms with E-state index in [1.165, 1.54) is 5.57 Å². The third-order valence-corrected chi connectivity index (χ3v) is 4.55. The topological polar surface area (TPSA) is 58.9 Å². The highest BCUT2D eigenvalue weighted by molar-refractivity contribution is 5.52. The van der Waals surface area contributed by atoms with Crippen molar-refractivity contribution < 1.29 is 19.7 Å². The van der Waals surface area contributed by atoms with Gasteiger partial charge in [-0.05, 0) is 56.9 Å². The number of methoxy groups -OCH3 is 1. The molecular formula is C21H24O4. The van der Waals surface area contributed by atoms with Gasteiger partial charge in [-0.1, -0.05) is 17.7 Å². The number of allylic oxidation sites excluding steroid dienone is 2. The average molecular weight is 340 g/mol. The molecule has 0 saturated heterocycles. The summed E-state index contributed by atoms with van der Waals surface area (Å²) in [6.45, 7) is 4.07. The molecule has 3 rings (SSSR count). The zero-order valence-electron chi connectivity index (χ0n) is 14.9. The van der Waals surface area contributed by atoms with Crippen molar-refractivity contribution >= 4 is 0 Å². The molecule has 2 N–H and O–H groups in total. The summed E-state index contributed by atoms with van der Waals surface area (Å²) in [5.74, 6) is 1.76. The van der Waals surface area contributed by atoms with Gasteiger partial charge in [0.2, 0.25) is 0 Å². The SMILES string of the molecule is COc1ccc(C2CCc3ccc(O)c(CC=C(C)C)c3O2)c(O)c1. The van der Waals surface area contributed by atoms with Crippen LogP contribution in [0.3, 0.4) is 0 Å². The lowest BCUT2D eigenvalue weighted by molar-refractivity contribution is 0.170. The van der Waals surface area contributed by atoms with Crippen LogP contribution < -0.4 is 9.47 Å². The number of rotatable bonds is 4. The molecule has 2 aromatic carbocycles. The molecule has 0 spiro atoms. The number of ether oxygens (including phenoxy) is 2. The van der Waals surface area contributed by atoms with Gasteiger partial charge >= 0.3 is 0 Å². The second-order valence-corrected chi connectivity index (χ2v) is 6.61. The lowest BCUT2D eigenvalue weighted by Gasteiger charge is -2.29. The summed E-state index contributed by atoms with van der Waals surface area (Å²) in [7, 11) is 1.57. The Balaban J connectivity index is 1.94. The van der Waals surface area contributed by atoms with Crippen LogP contribution in [0.1, 0.15) is 43.1 Å². The first-order valence-corrected chi connectivity index (χ1v) is 8.50. The van der Waals surface area contributed by atoms with E-state index in [1.54, 1.807) is 19.2 Å². The predicted molar refractivity (Wildman–Crippen MR) is 97.6 cm³/mol. The number of fused-ring (bicyclic) bond motifs is 1. The van der Waals surface area contributed by atoms with Crippen LogP contribution in [-0.2, 0) is 12.8 Å². The molecule has 1 aliphatic rings. The first-order chi connectivity index (χ1) is 12.0. The maximum atomic E-state index is 10.3. The van der Waals surface area contributed by atoms with Gasteiger partial charge in [0.05, 0.1) is 7.11 Å². The predicted octanol–water partition coefficient (Wildman–Crippen LogP) is 4.68. The number of aryl methyl sites for hydroxylation is 1. The highest BCUT2D eigenvalue weighted by Crippen LogP contribution is 2.43. The van der Waals surface area contributed by atoms with E-state index in [2.05, 4.69) is 6.08 Å². The van der Waals surface area contributed by atoms with Crippen LogP contribution in [0.25, 0.3) is 0 Å². The summed E-state index contributed by atoms with van der Waals surface area (Å²) >= 11 is 0. The Morgan fingerprint density at radius 1 is 1.20 bits per heavy atom. The van der Waals surface area contributed by atoms with E-state index in [0.717, 1.165) is 35.3 Å². The molecule has 1 atom stereocenters. The van der Waals surface area contributed by atoms with Crippen molar-refractivity contribution in [3.63, 3.8) is 0 Å². The number of hydrogen-bond donors (Lipinski definition) is 2. The van der Waals surface area contributed by atoms with Gasteiger partial charge in [0.1, 0.15) is 29.1 Å². The van der Waals surface area contributed by atoms with Gasteiger partial charge in [0.25, 0.3) is 0 Å². The minimum Gasteiger partial charge on any atom is -0.508 e. The van der Waals surface area contributed by atoms with Gasteiger partial charge in [0.15, 0.2) is 0 Å². The fraction of sp³-hybridized carbons (Fsp3) is 0.333. The standard InChI is InChI=1S/C21H24O4/c1-13(2)4-8-17-18(22)10-5-14-6-11-20(25-21(14)17)16-9-7-15(24-3)12-19(16)23/h4-5,7,9-10,12,20,22-23H,6,8,11H2,1-3H3. The number of hydrogen-bond acceptors (Lipinski definition) is 4. The summed E-state index contributed by atoms with van der Waals surface area (Å²) in [6.07, 6.45) is 4.07. The largest absolute Gasteiger partial charge is 0.508 e. The summed E-state index contributed by atoms with van der Waals surface area (Å²) < 4.78 is 11.4. The Kier molecular flexibility index (Phi) is 4.88. The van der Waals surface area contributed by atoms with E-state index < -0.39 is 0 Å². The summed E-state index contributed by atoms with van der Waals surface area (Å²) in [6, 6.07) is 8.91. The second kappa shape index (κ2) is 7.09. The van der Waals surface area contributed by atoms with Gasteiger partial charge in [0, 0.05) is 17.2 Å². The van der Waals surface area contributed by atoms with E-state index in [1.807, 2.05) is 32.0 Å². The Labute approximate surface area is 148 Å². The molecule has 1 heterocycles. The molecule has 132 valence electrons. The molecule has 0 fully saturated rings. The van der Waals surface area contributed by atoms with Crippen LogP contribution in [0.5, 0.6) is 23.0 Å². The van der Waals surface area contributed by atoms with E-state index in [4.69, 9.17) is 9.47 Å². The third kappa shape index (κ3) is 3.58. The van der Waals surface area contributed by atoms with Gasteiger partial charge < -0.3 is 19.7 Å². The zero-order chi connectivity index (χ0) is 18.0. The molecule has 25 heavy (non-hydrogen) atoms. The van der Waals surface area contributed by atoms with E-state index >= 15 is 0 Å². The third-order valence-electron chi connectivity index (χ3n) is 4.55. The van der Waals surface area contributed by atoms with Gasteiger partial charge in [-0.25, -0.2) is 0 Å². The zero-order valence-corrected chi connectivity index (χ0v) is 14.9. The Morgan fingerprint density at radius 3 is 2.68 bits per heavy atom. The van der Waals surface area contributed by atoms with Crippen molar-refractivity contribution in [2.45, 2.75) is 39.2 Å². The Morgan fingerprint density at radius 2 is 2.00 bits per heavy atom. The average Bonchev–Trinajstić information content (AvgIpc) is 2.60. The number of phenols is 2. The maximum Gasteiger partial charge on any atom is 0.130 e. The smallest absolute Gasteiger partial charge is 0.130 e. The number of benzene rings is 2. The molecular weight excluding hydrogens is 316 g/mol. The van der Waals surface area contributed by atoms with Gasteiger partial charge in [-0.15, -0.1) is 0 Å². The molecule has 2 aromatic rings. The highest BCUT2D eigenvalue weighted by atomic mass is 16.5. The van der Waals surface area contributed by atoms with Crippen molar-refractivity contribution in [1.29, 1.82) is 0 Å². The molecule has 0 aromatic heterocycles. The van der Waals surface area contributed by atoms with Crippen LogP contribution in [-0.4, -0.2) is 17.3 Å². The van der Waals surface area contributed by atoms with Crippen molar-refractivity contribution in [3.8, 4) is 23.0 Å². The summed E-state index contributed by atoms with van der Waals surface area (Å²) in [5, 5.41) is 20.6. The van der Waals surface area contributed by atoms with E-state index in [-0.39, 0.29) is 17.6 Å². The van der Waals surface area contributed by atoms with Gasteiger partial charge in [-0.2, -0.15) is 0 Å². The van der Waals surface area contributed by atoms with Crippen molar-refractivity contribution in [1.82, 2.24) is 0 Å². The van der Waals surface area contributed by atoms with Crippen LogP contribution in [0.15, 0.2) is 42.0 Å². The second-order valence-electron chi connectivity index (χ2n) is 6.61. The molecule has 0 amide bonds. The first-order valence-electron chi connectivity index (χ1n) is 8.50. The quantitative estimate of drug-likeness (QED) is 0.793. The number of aromatic hydroxyl groups is 2. The molecule has 0 saturated carbocycles. The van der Waals surface area contributed by atoms with Crippen LogP contribution in [0.4, 0.5) is 0 Å². The van der Waals surface area contributed by atoms with Crippen molar-refractivity contribution in [2.75, 3.05) is 7.11 Å². The maximum absolute atomic E-state index is 10.3. The normalized spacial score (nSPS) is 15.9. The minimum atomic E-state index is -0.245. The van der Waals surface area contributed by atoms with Crippen LogP contribution in [0.2, 0.25) is 0 Å².